The van der Waals surface area contributed by atoms with E-state index in [0.29, 0.717) is 17.7 Å². The maximum Gasteiger partial charge on any atom is 0.320 e. The summed E-state index contributed by atoms with van der Waals surface area (Å²) in [5.74, 6) is 1.04. The zero-order valence-corrected chi connectivity index (χ0v) is 12.7. The van der Waals surface area contributed by atoms with E-state index in [1.54, 1.807) is 12.1 Å². The molecular weight excluding hydrogens is 334 g/mol. The van der Waals surface area contributed by atoms with E-state index in [1.165, 1.54) is 0 Å². The van der Waals surface area contributed by atoms with Crippen molar-refractivity contribution in [2.24, 2.45) is 0 Å². The predicted octanol–water partition coefficient (Wildman–Crippen LogP) is 3.27. The molecule has 1 heterocycles. The van der Waals surface area contributed by atoms with E-state index in [0.717, 1.165) is 23.0 Å². The molecule has 108 valence electrons. The van der Waals surface area contributed by atoms with Crippen molar-refractivity contribution in [3.05, 3.63) is 40.9 Å². The number of nitrogens with zero attached hydrogens (tertiary/aromatic N) is 2. The van der Waals surface area contributed by atoms with Gasteiger partial charge in [-0.25, -0.2) is 4.79 Å². The van der Waals surface area contributed by atoms with Crippen LogP contribution >= 0.6 is 15.9 Å². The predicted molar refractivity (Wildman–Crippen MR) is 84.6 cm³/mol. The molecule has 0 saturated heterocycles. The normalized spacial score (nSPS) is 13.6. The molecule has 1 aromatic heterocycles. The number of anilines is 3. The van der Waals surface area contributed by atoms with Crippen LogP contribution in [-0.4, -0.2) is 22.3 Å². The number of amides is 2. The van der Waals surface area contributed by atoms with Crippen molar-refractivity contribution in [3.8, 4) is 0 Å². The monoisotopic (exact) mass is 347 g/mol. The number of urea groups is 1. The summed E-state index contributed by atoms with van der Waals surface area (Å²) < 4.78 is 0.982. The van der Waals surface area contributed by atoms with E-state index in [9.17, 15) is 4.79 Å². The fraction of sp³-hybridized carbons (Fsp3) is 0.214. The molecule has 0 unspecified atom stereocenters. The molecule has 0 aliphatic heterocycles. The fourth-order valence-corrected chi connectivity index (χ4v) is 2.14. The molecule has 1 aliphatic carbocycles. The number of halogens is 1. The largest absolute Gasteiger partial charge is 0.339 e. The summed E-state index contributed by atoms with van der Waals surface area (Å²) >= 11 is 3.41. The van der Waals surface area contributed by atoms with Gasteiger partial charge in [0.1, 0.15) is 0 Å². The summed E-state index contributed by atoms with van der Waals surface area (Å²) in [5, 5.41) is 16.6. The van der Waals surface area contributed by atoms with Crippen LogP contribution in [0.5, 0.6) is 0 Å². The highest BCUT2D eigenvalue weighted by molar-refractivity contribution is 9.10. The number of hydrogen-bond donors (Lipinski definition) is 3. The summed E-state index contributed by atoms with van der Waals surface area (Å²) in [7, 11) is 0. The molecule has 0 radical (unpaired) electrons. The highest BCUT2D eigenvalue weighted by Crippen LogP contribution is 2.20. The second-order valence-electron chi connectivity index (χ2n) is 4.81. The molecule has 7 heteroatoms. The highest BCUT2D eigenvalue weighted by atomic mass is 79.9. The Balaban J connectivity index is 1.59. The van der Waals surface area contributed by atoms with E-state index >= 15 is 0 Å². The van der Waals surface area contributed by atoms with Gasteiger partial charge in [-0.1, -0.05) is 22.0 Å². The Bertz CT molecular complexity index is 642. The number of nitrogens with one attached hydrogen (secondary N) is 3. The molecule has 3 rings (SSSR count). The summed E-state index contributed by atoms with van der Waals surface area (Å²) in [4.78, 5) is 11.6. The van der Waals surface area contributed by atoms with Crippen molar-refractivity contribution in [2.45, 2.75) is 18.9 Å². The molecule has 0 atom stereocenters. The van der Waals surface area contributed by atoms with Gasteiger partial charge in [0, 0.05) is 16.2 Å². The van der Waals surface area contributed by atoms with Gasteiger partial charge in [-0.05, 0) is 43.2 Å². The quantitative estimate of drug-likeness (QED) is 0.792. The maximum atomic E-state index is 11.6. The van der Waals surface area contributed by atoms with Crippen LogP contribution in [0.15, 0.2) is 40.9 Å². The van der Waals surface area contributed by atoms with Crippen molar-refractivity contribution >= 4 is 39.3 Å². The van der Waals surface area contributed by atoms with Crippen LogP contribution < -0.4 is 16.0 Å². The summed E-state index contributed by atoms with van der Waals surface area (Å²) in [6, 6.07) is 11.3. The Labute approximate surface area is 130 Å². The summed E-state index contributed by atoms with van der Waals surface area (Å²) in [6.07, 6.45) is 2.10. The molecular formula is C14H14BrN5O. The minimum Gasteiger partial charge on any atom is -0.339 e. The average Bonchev–Trinajstić information content (AvgIpc) is 3.25. The van der Waals surface area contributed by atoms with Crippen LogP contribution in [0.1, 0.15) is 12.8 Å². The molecule has 2 amide bonds. The molecule has 1 aromatic carbocycles. The third kappa shape index (κ3) is 4.16. The van der Waals surface area contributed by atoms with Crippen molar-refractivity contribution in [3.63, 3.8) is 0 Å². The molecule has 3 N–H and O–H groups in total. The maximum absolute atomic E-state index is 11.6. The van der Waals surface area contributed by atoms with Crippen LogP contribution in [-0.2, 0) is 0 Å². The van der Waals surface area contributed by atoms with Crippen molar-refractivity contribution < 1.29 is 4.79 Å². The van der Waals surface area contributed by atoms with Crippen molar-refractivity contribution in [1.82, 2.24) is 15.5 Å². The highest BCUT2D eigenvalue weighted by Gasteiger charge is 2.23. The minimum atomic E-state index is -0.237. The Hall–Kier alpha value is -2.15. The molecule has 1 saturated carbocycles. The van der Waals surface area contributed by atoms with Gasteiger partial charge >= 0.3 is 6.03 Å². The minimum absolute atomic E-state index is 0.237. The smallest absolute Gasteiger partial charge is 0.320 e. The molecule has 1 fully saturated rings. The van der Waals surface area contributed by atoms with Gasteiger partial charge in [0.15, 0.2) is 11.6 Å². The Morgan fingerprint density at radius 1 is 1.14 bits per heavy atom. The van der Waals surface area contributed by atoms with Crippen molar-refractivity contribution in [1.29, 1.82) is 0 Å². The number of aromatic nitrogens is 2. The fourth-order valence-electron chi connectivity index (χ4n) is 1.75. The van der Waals surface area contributed by atoms with Crippen LogP contribution in [0.3, 0.4) is 0 Å². The third-order valence-corrected chi connectivity index (χ3v) is 3.41. The van der Waals surface area contributed by atoms with Gasteiger partial charge in [-0.2, -0.15) is 0 Å². The van der Waals surface area contributed by atoms with Crippen LogP contribution in [0.2, 0.25) is 0 Å². The number of rotatable bonds is 4. The molecule has 6 nitrogen and oxygen atoms in total. The second-order valence-corrected chi connectivity index (χ2v) is 5.73. The van der Waals surface area contributed by atoms with E-state index < -0.39 is 0 Å². The summed E-state index contributed by atoms with van der Waals surface area (Å²) in [6.45, 7) is 0. The molecule has 0 bridgehead atoms. The summed E-state index contributed by atoms with van der Waals surface area (Å²) in [5.41, 5.74) is 0.908. The van der Waals surface area contributed by atoms with E-state index in [1.807, 2.05) is 24.3 Å². The van der Waals surface area contributed by atoms with Gasteiger partial charge in [0.25, 0.3) is 0 Å². The number of carbonyl (C=O) groups excluding carboxylic acids is 1. The topological polar surface area (TPSA) is 78.9 Å². The average molecular weight is 348 g/mol. The van der Waals surface area contributed by atoms with Gasteiger partial charge in [-0.3, -0.25) is 5.32 Å². The number of hydrogen-bond acceptors (Lipinski definition) is 4. The van der Waals surface area contributed by atoms with Gasteiger partial charge in [0.05, 0.1) is 0 Å². The van der Waals surface area contributed by atoms with Crippen molar-refractivity contribution in [2.75, 3.05) is 10.6 Å². The second kappa shape index (κ2) is 6.09. The zero-order chi connectivity index (χ0) is 14.7. The number of carbonyl (C=O) groups is 1. The number of benzene rings is 1. The standard InChI is InChI=1S/C14H14BrN5O/c15-9-2-1-3-11(8-9)16-12-6-7-13(20-19-12)18-14(21)17-10-4-5-10/h1-3,6-8,10H,4-5H2,(H,16,19)(H2,17,18,20,21). The van der Waals surface area contributed by atoms with Gasteiger partial charge in [0.2, 0.25) is 0 Å². The third-order valence-electron chi connectivity index (χ3n) is 2.92. The lowest BCUT2D eigenvalue weighted by Gasteiger charge is -2.07. The first-order valence-electron chi connectivity index (χ1n) is 6.63. The molecule has 1 aliphatic rings. The Kier molecular flexibility index (Phi) is 4.01. The lowest BCUT2D eigenvalue weighted by molar-refractivity contribution is 0.251. The van der Waals surface area contributed by atoms with E-state index in [4.69, 9.17) is 0 Å². The van der Waals surface area contributed by atoms with Crippen LogP contribution in [0.4, 0.5) is 22.1 Å². The van der Waals surface area contributed by atoms with Crippen LogP contribution in [0.25, 0.3) is 0 Å². The Morgan fingerprint density at radius 2 is 1.90 bits per heavy atom. The van der Waals surface area contributed by atoms with Gasteiger partial charge in [-0.15, -0.1) is 10.2 Å². The van der Waals surface area contributed by atoms with E-state index in [2.05, 4.69) is 42.1 Å². The Morgan fingerprint density at radius 3 is 2.57 bits per heavy atom. The first kappa shape index (κ1) is 13.8. The lowest BCUT2D eigenvalue weighted by Crippen LogP contribution is -2.30. The SMILES string of the molecule is O=C(Nc1ccc(Nc2cccc(Br)c2)nn1)NC1CC1. The molecule has 21 heavy (non-hydrogen) atoms. The van der Waals surface area contributed by atoms with Gasteiger partial charge < -0.3 is 10.6 Å². The first-order chi connectivity index (χ1) is 10.2. The lowest BCUT2D eigenvalue weighted by atomic mass is 10.3. The first-order valence-corrected chi connectivity index (χ1v) is 7.42. The van der Waals surface area contributed by atoms with Crippen LogP contribution in [0, 0.1) is 0 Å². The molecule has 0 spiro atoms. The zero-order valence-electron chi connectivity index (χ0n) is 11.1. The molecule has 2 aromatic rings. The van der Waals surface area contributed by atoms with E-state index in [-0.39, 0.29) is 6.03 Å².